The number of hydrogen-bond donors (Lipinski definition) is 2. The van der Waals surface area contributed by atoms with E-state index in [0.717, 1.165) is 23.5 Å². The SMILES string of the molecule is O=C(/C=C1/Nc2ccc(Cl)cc2N1)c1cc(F)cc(F)c1. The van der Waals surface area contributed by atoms with Crippen LogP contribution in [0.4, 0.5) is 20.2 Å². The second-order valence-electron chi connectivity index (χ2n) is 4.52. The van der Waals surface area contributed by atoms with Crippen LogP contribution in [0.1, 0.15) is 10.4 Å². The van der Waals surface area contributed by atoms with E-state index in [4.69, 9.17) is 11.6 Å². The zero-order valence-corrected chi connectivity index (χ0v) is 11.3. The molecule has 0 radical (unpaired) electrons. The van der Waals surface area contributed by atoms with E-state index in [2.05, 4.69) is 10.6 Å². The number of nitrogens with one attached hydrogen (secondary N) is 2. The van der Waals surface area contributed by atoms with E-state index in [9.17, 15) is 13.6 Å². The highest BCUT2D eigenvalue weighted by Crippen LogP contribution is 2.32. The molecule has 2 aromatic rings. The minimum atomic E-state index is -0.792. The average Bonchev–Trinajstić information content (AvgIpc) is 2.78. The molecule has 0 atom stereocenters. The van der Waals surface area contributed by atoms with Gasteiger partial charge in [0, 0.05) is 22.7 Å². The van der Waals surface area contributed by atoms with Crippen LogP contribution in [-0.2, 0) is 0 Å². The monoisotopic (exact) mass is 306 g/mol. The second kappa shape index (κ2) is 5.18. The van der Waals surface area contributed by atoms with E-state index in [0.29, 0.717) is 16.9 Å². The highest BCUT2D eigenvalue weighted by molar-refractivity contribution is 6.31. The third kappa shape index (κ3) is 2.87. The Morgan fingerprint density at radius 1 is 1.00 bits per heavy atom. The summed E-state index contributed by atoms with van der Waals surface area (Å²) in [4.78, 5) is 12.0. The van der Waals surface area contributed by atoms with Gasteiger partial charge >= 0.3 is 0 Å². The number of benzene rings is 2. The molecule has 1 aliphatic rings. The average molecular weight is 307 g/mol. The van der Waals surface area contributed by atoms with Crippen molar-refractivity contribution in [1.29, 1.82) is 0 Å². The molecule has 3 rings (SSSR count). The molecule has 1 heterocycles. The van der Waals surface area contributed by atoms with Gasteiger partial charge in [-0.05, 0) is 30.3 Å². The number of allylic oxidation sites excluding steroid dienone is 1. The fourth-order valence-corrected chi connectivity index (χ4v) is 2.21. The van der Waals surface area contributed by atoms with Gasteiger partial charge in [-0.25, -0.2) is 8.78 Å². The molecule has 0 saturated heterocycles. The maximum Gasteiger partial charge on any atom is 0.189 e. The number of fused-ring (bicyclic) bond motifs is 1. The molecule has 21 heavy (non-hydrogen) atoms. The summed E-state index contributed by atoms with van der Waals surface area (Å²) in [5, 5.41) is 6.50. The van der Waals surface area contributed by atoms with Gasteiger partial charge < -0.3 is 10.6 Å². The van der Waals surface area contributed by atoms with Crippen molar-refractivity contribution in [3.8, 4) is 0 Å². The number of carbonyl (C=O) groups is 1. The summed E-state index contributed by atoms with van der Waals surface area (Å²) in [5.41, 5.74) is 1.44. The first-order valence-electron chi connectivity index (χ1n) is 6.07. The normalized spacial score (nSPS) is 14.5. The Bertz CT molecular complexity index is 754. The van der Waals surface area contributed by atoms with E-state index in [-0.39, 0.29) is 5.56 Å². The number of carbonyl (C=O) groups excluding carboxylic acids is 1. The van der Waals surface area contributed by atoms with Gasteiger partial charge in [0.2, 0.25) is 0 Å². The molecule has 1 aliphatic heterocycles. The Balaban J connectivity index is 1.85. The minimum absolute atomic E-state index is 0.0578. The van der Waals surface area contributed by atoms with Crippen LogP contribution in [0, 0.1) is 11.6 Å². The van der Waals surface area contributed by atoms with Crippen molar-refractivity contribution in [3.05, 3.63) is 70.5 Å². The van der Waals surface area contributed by atoms with Gasteiger partial charge in [-0.1, -0.05) is 11.6 Å². The van der Waals surface area contributed by atoms with E-state index in [1.807, 2.05) is 0 Å². The molecule has 0 bridgehead atoms. The maximum absolute atomic E-state index is 13.1. The number of rotatable bonds is 2. The van der Waals surface area contributed by atoms with Crippen LogP contribution in [0.5, 0.6) is 0 Å². The molecule has 6 heteroatoms. The summed E-state index contributed by atoms with van der Waals surface area (Å²) in [5.74, 6) is -1.68. The first-order chi connectivity index (χ1) is 10.0. The summed E-state index contributed by atoms with van der Waals surface area (Å²) in [6.45, 7) is 0. The van der Waals surface area contributed by atoms with Gasteiger partial charge in [0.25, 0.3) is 0 Å². The Morgan fingerprint density at radius 3 is 2.38 bits per heavy atom. The van der Waals surface area contributed by atoms with E-state index in [1.165, 1.54) is 6.08 Å². The second-order valence-corrected chi connectivity index (χ2v) is 4.96. The standard InChI is InChI=1S/C15H9ClF2N2O/c16-9-1-2-12-13(5-9)20-15(19-12)7-14(21)8-3-10(17)6-11(18)4-8/h1-7,19-20H/b15-7-. The largest absolute Gasteiger partial charge is 0.340 e. The van der Waals surface area contributed by atoms with Crippen molar-refractivity contribution in [1.82, 2.24) is 0 Å². The van der Waals surface area contributed by atoms with Crippen LogP contribution >= 0.6 is 11.6 Å². The van der Waals surface area contributed by atoms with Crippen LogP contribution in [0.25, 0.3) is 0 Å². The summed E-state index contributed by atoms with van der Waals surface area (Å²) < 4.78 is 26.2. The first kappa shape index (κ1) is 13.6. The Morgan fingerprint density at radius 2 is 1.67 bits per heavy atom. The molecule has 0 aromatic heterocycles. The van der Waals surface area contributed by atoms with E-state index in [1.54, 1.807) is 18.2 Å². The lowest BCUT2D eigenvalue weighted by Crippen LogP contribution is -2.05. The lowest BCUT2D eigenvalue weighted by molar-refractivity contribution is 0.104. The lowest BCUT2D eigenvalue weighted by atomic mass is 10.1. The quantitative estimate of drug-likeness (QED) is 0.646. The number of anilines is 2. The molecule has 106 valence electrons. The van der Waals surface area contributed by atoms with Crippen molar-refractivity contribution in [2.24, 2.45) is 0 Å². The van der Waals surface area contributed by atoms with Crippen molar-refractivity contribution >= 4 is 28.8 Å². The molecule has 0 fully saturated rings. The van der Waals surface area contributed by atoms with Crippen molar-refractivity contribution in [2.45, 2.75) is 0 Å². The fourth-order valence-electron chi connectivity index (χ4n) is 2.03. The summed E-state index contributed by atoms with van der Waals surface area (Å²) in [6, 6.07) is 7.87. The zero-order chi connectivity index (χ0) is 15.0. The van der Waals surface area contributed by atoms with Crippen LogP contribution in [0.15, 0.2) is 48.3 Å². The van der Waals surface area contributed by atoms with Gasteiger partial charge in [0.1, 0.15) is 17.5 Å². The Labute approximate surface area is 124 Å². The number of halogens is 3. The number of hydrogen-bond acceptors (Lipinski definition) is 3. The van der Waals surface area contributed by atoms with Crippen molar-refractivity contribution in [2.75, 3.05) is 10.6 Å². The molecular formula is C15H9ClF2N2O. The summed E-state index contributed by atoms with van der Waals surface area (Å²) in [6.07, 6.45) is 1.24. The zero-order valence-electron chi connectivity index (χ0n) is 10.6. The molecule has 2 aromatic carbocycles. The van der Waals surface area contributed by atoms with Gasteiger partial charge in [0.05, 0.1) is 11.4 Å². The molecule has 2 N–H and O–H groups in total. The van der Waals surface area contributed by atoms with Crippen LogP contribution < -0.4 is 10.6 Å². The smallest absolute Gasteiger partial charge is 0.189 e. The molecule has 0 aliphatic carbocycles. The topological polar surface area (TPSA) is 41.1 Å². The Kier molecular flexibility index (Phi) is 3.35. The van der Waals surface area contributed by atoms with Gasteiger partial charge in [0.15, 0.2) is 5.78 Å². The molecule has 0 amide bonds. The molecule has 0 spiro atoms. The predicted molar refractivity (Wildman–Crippen MR) is 77.5 cm³/mol. The molecular weight excluding hydrogens is 298 g/mol. The van der Waals surface area contributed by atoms with Crippen LogP contribution in [0.2, 0.25) is 5.02 Å². The number of ketones is 1. The fraction of sp³-hybridized carbons (Fsp3) is 0. The van der Waals surface area contributed by atoms with Gasteiger partial charge in [-0.3, -0.25) is 4.79 Å². The van der Waals surface area contributed by atoms with Crippen LogP contribution in [0.3, 0.4) is 0 Å². The first-order valence-corrected chi connectivity index (χ1v) is 6.45. The molecule has 3 nitrogen and oxygen atoms in total. The summed E-state index contributed by atoms with van der Waals surface area (Å²) in [7, 11) is 0. The predicted octanol–water partition coefficient (Wildman–Crippen LogP) is 4.18. The van der Waals surface area contributed by atoms with Crippen molar-refractivity contribution < 1.29 is 13.6 Å². The maximum atomic E-state index is 13.1. The molecule has 0 saturated carbocycles. The lowest BCUT2D eigenvalue weighted by Gasteiger charge is -2.01. The highest BCUT2D eigenvalue weighted by atomic mass is 35.5. The third-order valence-corrected chi connectivity index (χ3v) is 3.18. The van der Waals surface area contributed by atoms with E-state index >= 15 is 0 Å². The molecule has 0 unspecified atom stereocenters. The highest BCUT2D eigenvalue weighted by Gasteiger charge is 2.16. The van der Waals surface area contributed by atoms with Gasteiger partial charge in [-0.2, -0.15) is 0 Å². The van der Waals surface area contributed by atoms with Crippen LogP contribution in [-0.4, -0.2) is 5.78 Å². The van der Waals surface area contributed by atoms with E-state index < -0.39 is 17.4 Å². The third-order valence-electron chi connectivity index (χ3n) is 2.94. The minimum Gasteiger partial charge on any atom is -0.340 e. The van der Waals surface area contributed by atoms with Crippen molar-refractivity contribution in [3.63, 3.8) is 0 Å². The van der Waals surface area contributed by atoms with Gasteiger partial charge in [-0.15, -0.1) is 0 Å². The Hall–Kier alpha value is -2.40. The summed E-state index contributed by atoms with van der Waals surface area (Å²) >= 11 is 5.87.